The molecule has 132 valence electrons. The zero-order valence-corrected chi connectivity index (χ0v) is 15.7. The lowest BCUT2D eigenvalue weighted by Gasteiger charge is -2.29. The molecule has 5 nitrogen and oxygen atoms in total. The minimum absolute atomic E-state index is 0.163. The normalized spacial score (nSPS) is 18.1. The maximum Gasteiger partial charge on any atom is 0.290 e. The average Bonchev–Trinajstić information content (AvgIpc) is 3.10. The molecule has 2 heterocycles. The Kier molecular flexibility index (Phi) is 6.18. The topological polar surface area (TPSA) is 60.9 Å². The summed E-state index contributed by atoms with van der Waals surface area (Å²) in [6, 6.07) is 1.52. The Labute approximate surface area is 147 Å². The van der Waals surface area contributed by atoms with E-state index in [-0.39, 0.29) is 23.5 Å². The molecular formula is C18H26N2O3S. The molecule has 1 unspecified atom stereocenters. The molecule has 6 heteroatoms. The molecule has 1 atom stereocenters. The third-order valence-electron chi connectivity index (χ3n) is 4.63. The van der Waals surface area contributed by atoms with Crippen molar-refractivity contribution in [2.24, 2.45) is 0 Å². The summed E-state index contributed by atoms with van der Waals surface area (Å²) >= 11 is 1.53. The van der Waals surface area contributed by atoms with Crippen molar-refractivity contribution >= 4 is 23.0 Å². The fraction of sp³-hybridized carbons (Fsp3) is 0.556. The lowest BCUT2D eigenvalue weighted by molar-refractivity contribution is -0.129. The van der Waals surface area contributed by atoms with Crippen LogP contribution in [-0.2, 0) is 9.59 Å². The Morgan fingerprint density at radius 2 is 2.00 bits per heavy atom. The van der Waals surface area contributed by atoms with Gasteiger partial charge in [0, 0.05) is 24.4 Å². The molecule has 2 rings (SSSR count). The van der Waals surface area contributed by atoms with E-state index in [0.29, 0.717) is 6.54 Å². The van der Waals surface area contributed by atoms with E-state index in [9.17, 15) is 14.7 Å². The minimum Gasteiger partial charge on any atom is -0.503 e. The van der Waals surface area contributed by atoms with E-state index < -0.39 is 11.9 Å². The summed E-state index contributed by atoms with van der Waals surface area (Å²) in [6.45, 7) is 10.9. The van der Waals surface area contributed by atoms with Crippen LogP contribution in [0.15, 0.2) is 22.8 Å². The van der Waals surface area contributed by atoms with Gasteiger partial charge in [-0.1, -0.05) is 20.8 Å². The van der Waals surface area contributed by atoms with Gasteiger partial charge >= 0.3 is 0 Å². The van der Waals surface area contributed by atoms with E-state index in [1.54, 1.807) is 11.8 Å². The predicted molar refractivity (Wildman–Crippen MR) is 96.3 cm³/mol. The lowest BCUT2D eigenvalue weighted by Crippen LogP contribution is -2.38. The number of rotatable bonds is 8. The summed E-state index contributed by atoms with van der Waals surface area (Å²) in [5.41, 5.74) is 1.30. The molecule has 0 fully saturated rings. The number of aliphatic hydroxyl groups is 1. The van der Waals surface area contributed by atoms with Crippen LogP contribution in [0.2, 0.25) is 0 Å². The second-order valence-electron chi connectivity index (χ2n) is 5.93. The monoisotopic (exact) mass is 350 g/mol. The van der Waals surface area contributed by atoms with Crippen LogP contribution in [-0.4, -0.2) is 52.8 Å². The zero-order chi connectivity index (χ0) is 17.9. The Morgan fingerprint density at radius 1 is 1.33 bits per heavy atom. The summed E-state index contributed by atoms with van der Waals surface area (Å²) in [7, 11) is 0. The molecule has 0 spiro atoms. The van der Waals surface area contributed by atoms with Gasteiger partial charge in [0.2, 0.25) is 0 Å². The maximum absolute atomic E-state index is 12.6. The first-order valence-electron chi connectivity index (χ1n) is 8.49. The van der Waals surface area contributed by atoms with Gasteiger partial charge in [0.15, 0.2) is 11.5 Å². The number of hydrogen-bond donors (Lipinski definition) is 1. The van der Waals surface area contributed by atoms with E-state index in [0.717, 1.165) is 30.1 Å². The van der Waals surface area contributed by atoms with Gasteiger partial charge < -0.3 is 14.9 Å². The second-order valence-corrected chi connectivity index (χ2v) is 6.88. The molecule has 1 aliphatic heterocycles. The molecule has 0 saturated carbocycles. The molecule has 1 amide bonds. The maximum atomic E-state index is 12.6. The SMILES string of the molecule is CCC(=O)C1=C(O)C(=O)N(CCN(CC)CC)C1c1sccc1C. The standard InChI is InChI=1S/C18H26N2O3S/c1-5-13(21)14-15(17-12(4)8-11-24-17)20(18(23)16(14)22)10-9-19(6-2)7-3/h8,11,15,22H,5-7,9-10H2,1-4H3. The molecule has 1 aromatic rings. The van der Waals surface area contributed by atoms with Gasteiger partial charge in [-0.2, -0.15) is 0 Å². The van der Waals surface area contributed by atoms with Crippen LogP contribution in [0.4, 0.5) is 0 Å². The van der Waals surface area contributed by atoms with Crippen molar-refractivity contribution in [1.29, 1.82) is 0 Å². The first kappa shape index (κ1) is 18.7. The zero-order valence-electron chi connectivity index (χ0n) is 14.8. The number of likely N-dealkylation sites (N-methyl/N-ethyl adjacent to an activating group) is 1. The molecule has 0 saturated heterocycles. The highest BCUT2D eigenvalue weighted by atomic mass is 32.1. The number of carbonyl (C=O) groups is 2. The molecular weight excluding hydrogens is 324 g/mol. The fourth-order valence-corrected chi connectivity index (χ4v) is 4.13. The smallest absolute Gasteiger partial charge is 0.290 e. The summed E-state index contributed by atoms with van der Waals surface area (Å²) in [5, 5.41) is 12.3. The first-order chi connectivity index (χ1) is 11.5. The van der Waals surface area contributed by atoms with Gasteiger partial charge in [0.25, 0.3) is 5.91 Å². The van der Waals surface area contributed by atoms with Gasteiger partial charge in [-0.15, -0.1) is 11.3 Å². The lowest BCUT2D eigenvalue weighted by atomic mass is 9.98. The largest absolute Gasteiger partial charge is 0.503 e. The fourth-order valence-electron chi connectivity index (χ4n) is 3.09. The Balaban J connectivity index is 2.37. The van der Waals surface area contributed by atoms with Crippen LogP contribution in [0.5, 0.6) is 0 Å². The van der Waals surface area contributed by atoms with Crippen molar-refractivity contribution in [2.45, 2.75) is 40.2 Å². The molecule has 0 aromatic carbocycles. The Morgan fingerprint density at radius 3 is 2.50 bits per heavy atom. The number of nitrogens with zero attached hydrogens (tertiary/aromatic N) is 2. The van der Waals surface area contributed by atoms with Crippen LogP contribution < -0.4 is 0 Å². The summed E-state index contributed by atoms with van der Waals surface area (Å²) in [5.74, 6) is -0.972. The first-order valence-corrected chi connectivity index (χ1v) is 9.37. The number of amides is 1. The van der Waals surface area contributed by atoms with Crippen LogP contribution in [0.1, 0.15) is 43.7 Å². The summed E-state index contributed by atoms with van der Waals surface area (Å²) in [6.07, 6.45) is 0.275. The highest BCUT2D eigenvalue weighted by Gasteiger charge is 2.43. The third kappa shape index (κ3) is 3.39. The van der Waals surface area contributed by atoms with Gasteiger partial charge in [-0.05, 0) is 37.0 Å². The molecule has 1 aromatic heterocycles. The minimum atomic E-state index is -0.458. The average molecular weight is 350 g/mol. The molecule has 1 N–H and O–H groups in total. The second kappa shape index (κ2) is 7.94. The van der Waals surface area contributed by atoms with Crippen molar-refractivity contribution in [3.8, 4) is 0 Å². The van der Waals surface area contributed by atoms with Gasteiger partial charge in [0.05, 0.1) is 11.6 Å². The van der Waals surface area contributed by atoms with Gasteiger partial charge in [-0.3, -0.25) is 9.59 Å². The van der Waals surface area contributed by atoms with E-state index in [4.69, 9.17) is 0 Å². The number of hydrogen-bond acceptors (Lipinski definition) is 5. The van der Waals surface area contributed by atoms with E-state index in [2.05, 4.69) is 18.7 Å². The number of carbonyl (C=O) groups excluding carboxylic acids is 2. The van der Waals surface area contributed by atoms with Crippen LogP contribution in [0.3, 0.4) is 0 Å². The van der Waals surface area contributed by atoms with E-state index in [1.165, 1.54) is 11.3 Å². The van der Waals surface area contributed by atoms with Crippen molar-refractivity contribution in [1.82, 2.24) is 9.80 Å². The molecule has 0 radical (unpaired) electrons. The number of aryl methyl sites for hydroxylation is 1. The number of ketones is 1. The van der Waals surface area contributed by atoms with Gasteiger partial charge in [0.1, 0.15) is 0 Å². The Hall–Kier alpha value is -1.66. The van der Waals surface area contributed by atoms with Gasteiger partial charge in [-0.25, -0.2) is 0 Å². The van der Waals surface area contributed by atoms with Crippen LogP contribution >= 0.6 is 11.3 Å². The molecule has 1 aliphatic rings. The molecule has 0 aliphatic carbocycles. The summed E-state index contributed by atoms with van der Waals surface area (Å²) in [4.78, 5) is 29.8. The van der Waals surface area contributed by atoms with Crippen molar-refractivity contribution in [3.63, 3.8) is 0 Å². The van der Waals surface area contributed by atoms with E-state index in [1.807, 2.05) is 18.4 Å². The van der Waals surface area contributed by atoms with E-state index >= 15 is 0 Å². The number of aliphatic hydroxyl groups excluding tert-OH is 1. The third-order valence-corrected chi connectivity index (χ3v) is 5.70. The van der Waals surface area contributed by atoms with Crippen molar-refractivity contribution < 1.29 is 14.7 Å². The number of Topliss-reactive ketones (excluding diaryl/α,β-unsaturated/α-hetero) is 1. The highest BCUT2D eigenvalue weighted by molar-refractivity contribution is 7.10. The molecule has 24 heavy (non-hydrogen) atoms. The highest BCUT2D eigenvalue weighted by Crippen LogP contribution is 2.41. The predicted octanol–water partition coefficient (Wildman–Crippen LogP) is 3.07. The van der Waals surface area contributed by atoms with Crippen LogP contribution in [0, 0.1) is 6.92 Å². The molecule has 0 bridgehead atoms. The van der Waals surface area contributed by atoms with Crippen molar-refractivity contribution in [2.75, 3.05) is 26.2 Å². The Bertz CT molecular complexity index is 646. The van der Waals surface area contributed by atoms with Crippen LogP contribution in [0.25, 0.3) is 0 Å². The summed E-state index contributed by atoms with van der Waals surface area (Å²) < 4.78 is 0. The quantitative estimate of drug-likeness (QED) is 0.783. The number of thiophene rings is 1. The van der Waals surface area contributed by atoms with Crippen molar-refractivity contribution in [3.05, 3.63) is 33.2 Å².